The lowest BCUT2D eigenvalue weighted by molar-refractivity contribution is 0.0951. The van der Waals surface area contributed by atoms with Gasteiger partial charge in [-0.2, -0.15) is 0 Å². The first kappa shape index (κ1) is 14.0. The molecule has 0 fully saturated rings. The predicted molar refractivity (Wildman–Crippen MR) is 83.2 cm³/mol. The van der Waals surface area contributed by atoms with Gasteiger partial charge in [-0.25, -0.2) is 4.98 Å². The Morgan fingerprint density at radius 2 is 1.68 bits per heavy atom. The Hall–Kier alpha value is -2.95. The second-order valence-corrected chi connectivity index (χ2v) is 4.97. The van der Waals surface area contributed by atoms with Gasteiger partial charge in [-0.05, 0) is 23.3 Å². The minimum Gasteiger partial charge on any atom is -0.348 e. The van der Waals surface area contributed by atoms with Crippen LogP contribution in [0.2, 0.25) is 0 Å². The largest absolute Gasteiger partial charge is 0.348 e. The van der Waals surface area contributed by atoms with Crippen molar-refractivity contribution in [2.24, 2.45) is 0 Å². The molecule has 0 saturated heterocycles. The number of nitrogens with one attached hydrogen (secondary N) is 1. The quantitative estimate of drug-likeness (QED) is 0.784. The summed E-state index contributed by atoms with van der Waals surface area (Å²) in [6, 6.07) is 11.6. The Balaban J connectivity index is 1.56. The number of rotatable bonds is 5. The third kappa shape index (κ3) is 3.58. The molecule has 0 bridgehead atoms. The Morgan fingerprint density at radius 3 is 2.36 bits per heavy atom. The molecule has 1 amide bonds. The maximum Gasteiger partial charge on any atom is 0.251 e. The molecule has 0 aliphatic heterocycles. The molecule has 0 unspecified atom stereocenters. The minimum absolute atomic E-state index is 0.0927. The Morgan fingerprint density at radius 1 is 0.955 bits per heavy atom. The number of carbonyl (C=O) groups is 1. The number of hydrogen-bond donors (Lipinski definition) is 1. The van der Waals surface area contributed by atoms with Crippen LogP contribution in [-0.2, 0) is 13.1 Å². The van der Waals surface area contributed by atoms with Gasteiger partial charge in [0.1, 0.15) is 0 Å². The maximum absolute atomic E-state index is 11.9. The van der Waals surface area contributed by atoms with E-state index in [9.17, 15) is 4.79 Å². The summed E-state index contributed by atoms with van der Waals surface area (Å²) in [5, 5.41) is 2.90. The highest BCUT2D eigenvalue weighted by Crippen LogP contribution is 2.07. The van der Waals surface area contributed by atoms with Crippen molar-refractivity contribution in [3.05, 3.63) is 84.2 Å². The van der Waals surface area contributed by atoms with Crippen LogP contribution in [0, 0.1) is 0 Å². The summed E-state index contributed by atoms with van der Waals surface area (Å²) >= 11 is 0. The normalized spacial score (nSPS) is 10.4. The smallest absolute Gasteiger partial charge is 0.251 e. The van der Waals surface area contributed by atoms with E-state index in [0.717, 1.165) is 12.1 Å². The number of pyridine rings is 1. The number of benzene rings is 1. The predicted octanol–water partition coefficient (Wildman–Crippen LogP) is 2.26. The summed E-state index contributed by atoms with van der Waals surface area (Å²) in [7, 11) is 0. The molecule has 0 atom stereocenters. The van der Waals surface area contributed by atoms with Gasteiger partial charge in [0, 0.05) is 43.4 Å². The van der Waals surface area contributed by atoms with Crippen LogP contribution in [0.1, 0.15) is 21.5 Å². The van der Waals surface area contributed by atoms with Gasteiger partial charge in [0.05, 0.1) is 6.33 Å². The molecule has 2 aromatic heterocycles. The third-order valence-corrected chi connectivity index (χ3v) is 3.34. The molecule has 1 N–H and O–H groups in total. The number of hydrogen-bond acceptors (Lipinski definition) is 3. The van der Waals surface area contributed by atoms with Crippen LogP contribution in [-0.4, -0.2) is 20.4 Å². The number of nitrogens with zero attached hydrogens (tertiary/aromatic N) is 3. The molecule has 0 radical (unpaired) electrons. The molecule has 3 rings (SSSR count). The highest BCUT2D eigenvalue weighted by Gasteiger charge is 2.04. The summed E-state index contributed by atoms with van der Waals surface area (Å²) < 4.78 is 2.01. The average Bonchev–Trinajstić information content (AvgIpc) is 3.08. The van der Waals surface area contributed by atoms with Gasteiger partial charge in [0.15, 0.2) is 0 Å². The lowest BCUT2D eigenvalue weighted by Crippen LogP contribution is -2.22. The van der Waals surface area contributed by atoms with Crippen molar-refractivity contribution in [2.45, 2.75) is 13.1 Å². The lowest BCUT2D eigenvalue weighted by atomic mass is 10.1. The highest BCUT2D eigenvalue weighted by atomic mass is 16.1. The molecule has 0 spiro atoms. The minimum atomic E-state index is -0.0927. The molecule has 3 aromatic rings. The fraction of sp³-hybridized carbons (Fsp3) is 0.118. The SMILES string of the molecule is O=C(NCc1ccc(Cn2ccnc2)cc1)c1ccncc1. The standard InChI is InChI=1S/C17H16N4O/c22-17(16-5-7-18-8-6-16)20-11-14-1-3-15(4-2-14)12-21-10-9-19-13-21/h1-10,13H,11-12H2,(H,20,22). The van der Waals surface area contributed by atoms with Gasteiger partial charge < -0.3 is 9.88 Å². The zero-order chi connectivity index (χ0) is 15.2. The van der Waals surface area contributed by atoms with Crippen molar-refractivity contribution in [2.75, 3.05) is 0 Å². The first-order chi connectivity index (χ1) is 10.8. The van der Waals surface area contributed by atoms with Crippen LogP contribution in [0.5, 0.6) is 0 Å². The monoisotopic (exact) mass is 292 g/mol. The molecule has 22 heavy (non-hydrogen) atoms. The summed E-state index contributed by atoms with van der Waals surface area (Å²) in [5.74, 6) is -0.0927. The zero-order valence-corrected chi connectivity index (χ0v) is 12.0. The number of imidazole rings is 1. The first-order valence-corrected chi connectivity index (χ1v) is 7.03. The first-order valence-electron chi connectivity index (χ1n) is 7.03. The molecule has 5 nitrogen and oxygen atoms in total. The van der Waals surface area contributed by atoms with Crippen molar-refractivity contribution in [1.82, 2.24) is 19.9 Å². The van der Waals surface area contributed by atoms with E-state index < -0.39 is 0 Å². The molecule has 1 aromatic carbocycles. The second-order valence-electron chi connectivity index (χ2n) is 4.97. The fourth-order valence-corrected chi connectivity index (χ4v) is 2.14. The van der Waals surface area contributed by atoms with E-state index in [0.29, 0.717) is 12.1 Å². The van der Waals surface area contributed by atoms with E-state index in [2.05, 4.69) is 27.4 Å². The van der Waals surface area contributed by atoms with Gasteiger partial charge in [-0.3, -0.25) is 9.78 Å². The van der Waals surface area contributed by atoms with Crippen molar-refractivity contribution >= 4 is 5.91 Å². The van der Waals surface area contributed by atoms with Gasteiger partial charge >= 0.3 is 0 Å². The van der Waals surface area contributed by atoms with E-state index in [4.69, 9.17) is 0 Å². The summed E-state index contributed by atoms with van der Waals surface area (Å²) in [4.78, 5) is 19.9. The lowest BCUT2D eigenvalue weighted by Gasteiger charge is -2.07. The van der Waals surface area contributed by atoms with E-state index in [-0.39, 0.29) is 5.91 Å². The molecule has 0 aliphatic carbocycles. The van der Waals surface area contributed by atoms with Crippen LogP contribution in [0.15, 0.2) is 67.5 Å². The van der Waals surface area contributed by atoms with Crippen molar-refractivity contribution in [3.8, 4) is 0 Å². The van der Waals surface area contributed by atoms with Crippen LogP contribution < -0.4 is 5.32 Å². The fourth-order valence-electron chi connectivity index (χ4n) is 2.14. The highest BCUT2D eigenvalue weighted by molar-refractivity contribution is 5.93. The Labute approximate surface area is 128 Å². The van der Waals surface area contributed by atoms with Crippen LogP contribution in [0.25, 0.3) is 0 Å². The molecule has 5 heteroatoms. The summed E-state index contributed by atoms with van der Waals surface area (Å²) in [5.41, 5.74) is 2.88. The maximum atomic E-state index is 11.9. The van der Waals surface area contributed by atoms with E-state index in [1.807, 2.05) is 22.9 Å². The van der Waals surface area contributed by atoms with Crippen molar-refractivity contribution < 1.29 is 4.79 Å². The van der Waals surface area contributed by atoms with Crippen LogP contribution >= 0.6 is 0 Å². The van der Waals surface area contributed by atoms with E-state index in [1.54, 1.807) is 37.1 Å². The summed E-state index contributed by atoms with van der Waals surface area (Å²) in [6.07, 6.45) is 8.72. The topological polar surface area (TPSA) is 59.8 Å². The third-order valence-electron chi connectivity index (χ3n) is 3.34. The molecular weight excluding hydrogens is 276 g/mol. The molecule has 0 saturated carbocycles. The Kier molecular flexibility index (Phi) is 4.25. The van der Waals surface area contributed by atoms with Crippen LogP contribution in [0.4, 0.5) is 0 Å². The van der Waals surface area contributed by atoms with Gasteiger partial charge in [0.2, 0.25) is 0 Å². The van der Waals surface area contributed by atoms with Gasteiger partial charge in [-0.1, -0.05) is 24.3 Å². The molecule has 0 aliphatic rings. The molecule has 2 heterocycles. The van der Waals surface area contributed by atoms with Crippen molar-refractivity contribution in [3.63, 3.8) is 0 Å². The average molecular weight is 292 g/mol. The number of amides is 1. The molecular formula is C17H16N4O. The van der Waals surface area contributed by atoms with Crippen molar-refractivity contribution in [1.29, 1.82) is 0 Å². The van der Waals surface area contributed by atoms with E-state index >= 15 is 0 Å². The van der Waals surface area contributed by atoms with Gasteiger partial charge in [-0.15, -0.1) is 0 Å². The van der Waals surface area contributed by atoms with Gasteiger partial charge in [0.25, 0.3) is 5.91 Å². The number of aromatic nitrogens is 3. The van der Waals surface area contributed by atoms with Crippen LogP contribution in [0.3, 0.4) is 0 Å². The van der Waals surface area contributed by atoms with E-state index in [1.165, 1.54) is 5.56 Å². The summed E-state index contributed by atoms with van der Waals surface area (Å²) in [6.45, 7) is 1.30. The second kappa shape index (κ2) is 6.67. The Bertz CT molecular complexity index is 721. The number of carbonyl (C=O) groups excluding carboxylic acids is 1. The molecule has 110 valence electrons. The zero-order valence-electron chi connectivity index (χ0n) is 12.0.